The Bertz CT molecular complexity index is 604. The fourth-order valence-corrected chi connectivity index (χ4v) is 8.69. The molecular weight excluding hydrogens is 308 g/mol. The Hall–Kier alpha value is -0.790. The van der Waals surface area contributed by atoms with E-state index in [1.807, 2.05) is 6.92 Å². The third-order valence-corrected chi connectivity index (χ3v) is 9.33. The second-order valence-corrected chi connectivity index (χ2v) is 10.9. The highest BCUT2D eigenvalue weighted by Gasteiger charge is 2.68. The highest BCUT2D eigenvalue weighted by atomic mass is 16.6. The number of carbonyl (C=O) groups excluding carboxylic acids is 1. The minimum absolute atomic E-state index is 0.118. The molecule has 0 saturated heterocycles. The van der Waals surface area contributed by atoms with Crippen LogP contribution < -0.4 is 0 Å². The summed E-state index contributed by atoms with van der Waals surface area (Å²) in [4.78, 5) is 12.7. The summed E-state index contributed by atoms with van der Waals surface area (Å²) in [7, 11) is 0. The zero-order chi connectivity index (χ0) is 17.6. The predicted molar refractivity (Wildman–Crippen MR) is 98.8 cm³/mol. The second-order valence-electron chi connectivity index (χ2n) is 10.9. The van der Waals surface area contributed by atoms with E-state index in [0.29, 0.717) is 28.7 Å². The van der Waals surface area contributed by atoms with Crippen molar-refractivity contribution in [3.8, 4) is 0 Å². The van der Waals surface area contributed by atoms with Crippen LogP contribution in [0.25, 0.3) is 0 Å². The van der Waals surface area contributed by atoms with Crippen LogP contribution in [-0.2, 0) is 9.53 Å². The molecule has 0 radical (unpaired) electrons. The average Bonchev–Trinajstić information content (AvgIpc) is 3.04. The van der Waals surface area contributed by atoms with Gasteiger partial charge in [0.05, 0.1) is 0 Å². The van der Waals surface area contributed by atoms with Crippen LogP contribution in [0.3, 0.4) is 0 Å². The summed E-state index contributed by atoms with van der Waals surface area (Å²) in [5.74, 6) is 5.08. The maximum Gasteiger partial charge on any atom is 0.333 e. The number of carbonyl (C=O) groups is 1. The van der Waals surface area contributed by atoms with E-state index in [4.69, 9.17) is 4.74 Å². The van der Waals surface area contributed by atoms with E-state index >= 15 is 0 Å². The van der Waals surface area contributed by atoms with Gasteiger partial charge < -0.3 is 4.74 Å². The van der Waals surface area contributed by atoms with Gasteiger partial charge in [-0.05, 0) is 87.4 Å². The van der Waals surface area contributed by atoms with Gasteiger partial charge in [-0.25, -0.2) is 4.79 Å². The van der Waals surface area contributed by atoms with Crippen LogP contribution >= 0.6 is 0 Å². The van der Waals surface area contributed by atoms with Crippen molar-refractivity contribution < 1.29 is 9.53 Å². The molecule has 0 amide bonds. The van der Waals surface area contributed by atoms with Gasteiger partial charge in [0, 0.05) is 23.3 Å². The van der Waals surface area contributed by atoms with Gasteiger partial charge in [0.2, 0.25) is 0 Å². The van der Waals surface area contributed by atoms with Crippen LogP contribution in [0.15, 0.2) is 12.2 Å². The lowest BCUT2D eigenvalue weighted by Crippen LogP contribution is -2.66. The molecule has 2 heteroatoms. The summed E-state index contributed by atoms with van der Waals surface area (Å²) in [5.41, 5.74) is 0.926. The molecule has 0 aromatic heterocycles. The number of esters is 1. The van der Waals surface area contributed by atoms with E-state index < -0.39 is 0 Å². The van der Waals surface area contributed by atoms with Crippen LogP contribution in [-0.4, -0.2) is 11.6 Å². The summed E-state index contributed by atoms with van der Waals surface area (Å²) in [6.07, 6.45) is 10.7. The summed E-state index contributed by atoms with van der Waals surface area (Å²) in [5, 5.41) is 0. The van der Waals surface area contributed by atoms with E-state index in [1.165, 1.54) is 51.4 Å². The van der Waals surface area contributed by atoms with E-state index in [9.17, 15) is 4.79 Å². The SMILES string of the molecule is C=C(C)C(=O)OC1(C2CC3CCC2C3C)C2CC3CC1CC(C)(C3)C2. The van der Waals surface area contributed by atoms with E-state index in [-0.39, 0.29) is 11.6 Å². The molecule has 6 saturated carbocycles. The number of fused-ring (bicyclic) bond motifs is 2. The van der Waals surface area contributed by atoms with Crippen LogP contribution in [0.4, 0.5) is 0 Å². The number of hydrogen-bond acceptors (Lipinski definition) is 2. The van der Waals surface area contributed by atoms with Crippen molar-refractivity contribution in [2.75, 3.05) is 0 Å². The number of rotatable bonds is 3. The van der Waals surface area contributed by atoms with E-state index in [2.05, 4.69) is 20.4 Å². The first-order chi connectivity index (χ1) is 11.8. The van der Waals surface area contributed by atoms with Gasteiger partial charge >= 0.3 is 5.97 Å². The summed E-state index contributed by atoms with van der Waals surface area (Å²) in [6.45, 7) is 10.7. The molecule has 6 fully saturated rings. The zero-order valence-corrected chi connectivity index (χ0v) is 16.2. The first kappa shape index (κ1) is 16.4. The van der Waals surface area contributed by atoms with Crippen LogP contribution in [0.5, 0.6) is 0 Å². The van der Waals surface area contributed by atoms with Gasteiger partial charge in [-0.1, -0.05) is 20.4 Å². The van der Waals surface area contributed by atoms with Crippen molar-refractivity contribution in [2.24, 2.45) is 46.8 Å². The predicted octanol–water partition coefficient (Wildman–Crippen LogP) is 5.37. The lowest BCUT2D eigenvalue weighted by atomic mass is 9.42. The minimum atomic E-state index is -0.166. The smallest absolute Gasteiger partial charge is 0.333 e. The topological polar surface area (TPSA) is 26.3 Å². The molecule has 138 valence electrons. The summed E-state index contributed by atoms with van der Waals surface area (Å²) >= 11 is 0. The molecule has 6 bridgehead atoms. The van der Waals surface area contributed by atoms with Gasteiger partial charge in [0.15, 0.2) is 0 Å². The van der Waals surface area contributed by atoms with Crippen LogP contribution in [0, 0.1) is 46.8 Å². The van der Waals surface area contributed by atoms with Crippen molar-refractivity contribution in [1.29, 1.82) is 0 Å². The Labute approximate surface area is 152 Å². The molecule has 6 unspecified atom stereocenters. The zero-order valence-electron chi connectivity index (χ0n) is 16.2. The Kier molecular flexibility index (Phi) is 3.37. The Balaban J connectivity index is 1.56. The molecule has 0 aromatic carbocycles. The Morgan fingerprint density at radius 2 is 1.76 bits per heavy atom. The maximum absolute atomic E-state index is 12.7. The highest BCUT2D eigenvalue weighted by Crippen LogP contribution is 2.70. The van der Waals surface area contributed by atoms with Gasteiger partial charge in [-0.3, -0.25) is 0 Å². The second kappa shape index (κ2) is 5.14. The van der Waals surface area contributed by atoms with Crippen molar-refractivity contribution in [3.63, 3.8) is 0 Å². The van der Waals surface area contributed by atoms with E-state index in [0.717, 1.165) is 23.7 Å². The molecule has 0 aliphatic heterocycles. The van der Waals surface area contributed by atoms with Crippen molar-refractivity contribution in [2.45, 2.75) is 77.7 Å². The lowest BCUT2D eigenvalue weighted by Gasteiger charge is -2.66. The third-order valence-electron chi connectivity index (χ3n) is 9.33. The fourth-order valence-electron chi connectivity index (χ4n) is 8.69. The van der Waals surface area contributed by atoms with Crippen molar-refractivity contribution >= 4 is 5.97 Å². The average molecular weight is 343 g/mol. The van der Waals surface area contributed by atoms with Gasteiger partial charge in [0.25, 0.3) is 0 Å². The molecule has 0 heterocycles. The van der Waals surface area contributed by atoms with Crippen molar-refractivity contribution in [3.05, 3.63) is 12.2 Å². The van der Waals surface area contributed by atoms with E-state index in [1.54, 1.807) is 0 Å². The summed E-state index contributed by atoms with van der Waals surface area (Å²) in [6, 6.07) is 0. The number of ether oxygens (including phenoxy) is 1. The Morgan fingerprint density at radius 1 is 1.08 bits per heavy atom. The summed E-state index contributed by atoms with van der Waals surface area (Å²) < 4.78 is 6.57. The van der Waals surface area contributed by atoms with Crippen LogP contribution in [0.2, 0.25) is 0 Å². The molecular formula is C23H34O2. The third kappa shape index (κ3) is 2.12. The Morgan fingerprint density at radius 3 is 2.24 bits per heavy atom. The van der Waals surface area contributed by atoms with Gasteiger partial charge in [-0.15, -0.1) is 0 Å². The molecule has 0 aromatic rings. The van der Waals surface area contributed by atoms with Gasteiger partial charge in [-0.2, -0.15) is 0 Å². The monoisotopic (exact) mass is 342 g/mol. The number of hydrogen-bond donors (Lipinski definition) is 0. The minimum Gasteiger partial charge on any atom is -0.455 e. The molecule has 0 spiro atoms. The molecule has 6 rings (SSSR count). The largest absolute Gasteiger partial charge is 0.455 e. The maximum atomic E-state index is 12.7. The molecule has 6 aliphatic carbocycles. The normalized spacial score (nSPS) is 55.6. The molecule has 6 atom stereocenters. The molecule has 0 N–H and O–H groups in total. The first-order valence-corrected chi connectivity index (χ1v) is 10.7. The fraction of sp³-hybridized carbons (Fsp3) is 0.870. The van der Waals surface area contributed by atoms with Gasteiger partial charge in [0.1, 0.15) is 5.60 Å². The lowest BCUT2D eigenvalue weighted by molar-refractivity contribution is -0.246. The molecule has 2 nitrogen and oxygen atoms in total. The van der Waals surface area contributed by atoms with Crippen molar-refractivity contribution in [1.82, 2.24) is 0 Å². The molecule has 25 heavy (non-hydrogen) atoms. The van der Waals surface area contributed by atoms with Crippen LogP contribution in [0.1, 0.15) is 72.1 Å². The molecule has 6 aliphatic rings. The standard InChI is InChI=1S/C23H34O2/c1-13(2)21(24)25-23(20-9-16-5-6-19(20)14(16)3)17-7-15-8-18(23)12-22(4,10-15)11-17/h14-20H,1,5-12H2,2-4H3. The highest BCUT2D eigenvalue weighted by molar-refractivity contribution is 5.87. The quantitative estimate of drug-likeness (QED) is 0.509. The first-order valence-electron chi connectivity index (χ1n) is 10.7.